The van der Waals surface area contributed by atoms with Crippen molar-refractivity contribution in [1.29, 1.82) is 0 Å². The largest absolute Gasteiger partial charge is 0.496 e. The molecule has 0 saturated carbocycles. The van der Waals surface area contributed by atoms with Gasteiger partial charge in [-0.2, -0.15) is 0 Å². The lowest BCUT2D eigenvalue weighted by Crippen LogP contribution is -2.28. The molecule has 0 radical (unpaired) electrons. The highest BCUT2D eigenvalue weighted by molar-refractivity contribution is 5.94. The van der Waals surface area contributed by atoms with Crippen LogP contribution in [0.5, 0.6) is 11.5 Å². The Bertz CT molecular complexity index is 740. The van der Waals surface area contributed by atoms with E-state index in [1.54, 1.807) is 13.2 Å². The highest BCUT2D eigenvalue weighted by atomic mass is 16.5. The summed E-state index contributed by atoms with van der Waals surface area (Å²) in [7, 11) is 1.66. The summed E-state index contributed by atoms with van der Waals surface area (Å²) >= 11 is 0. The number of hydrogen-bond acceptors (Lipinski definition) is 3. The summed E-state index contributed by atoms with van der Waals surface area (Å²) in [5, 5.41) is 3.12. The average molecular weight is 341 g/mol. The van der Waals surface area contributed by atoms with Crippen molar-refractivity contribution in [1.82, 2.24) is 5.32 Å². The minimum atomic E-state index is -0.0773. The van der Waals surface area contributed by atoms with Crippen LogP contribution in [0.15, 0.2) is 36.4 Å². The first-order chi connectivity index (χ1) is 12.0. The van der Waals surface area contributed by atoms with Crippen LogP contribution in [0.3, 0.4) is 0 Å². The van der Waals surface area contributed by atoms with E-state index in [0.29, 0.717) is 12.2 Å². The molecule has 1 atom stereocenters. The van der Waals surface area contributed by atoms with Crippen LogP contribution in [0, 0.1) is 13.8 Å². The van der Waals surface area contributed by atoms with E-state index < -0.39 is 0 Å². The van der Waals surface area contributed by atoms with Gasteiger partial charge in [0.15, 0.2) is 0 Å². The van der Waals surface area contributed by atoms with Crippen molar-refractivity contribution in [3.8, 4) is 11.5 Å². The number of aryl methyl sites for hydroxylation is 2. The SMILES string of the molecule is CCOc1ccc(C(=O)NC(CC)c2ccc(OC)c(C)c2)cc1C. The second kappa shape index (κ2) is 8.56. The Kier molecular flexibility index (Phi) is 6.45. The second-order valence-electron chi connectivity index (χ2n) is 6.08. The number of benzene rings is 2. The number of ether oxygens (including phenoxy) is 2. The topological polar surface area (TPSA) is 47.6 Å². The summed E-state index contributed by atoms with van der Waals surface area (Å²) in [4.78, 5) is 12.6. The second-order valence-corrected chi connectivity index (χ2v) is 6.08. The number of hydrogen-bond donors (Lipinski definition) is 1. The number of carbonyl (C=O) groups is 1. The van der Waals surface area contributed by atoms with Gasteiger partial charge < -0.3 is 14.8 Å². The fourth-order valence-corrected chi connectivity index (χ4v) is 2.89. The summed E-state index contributed by atoms with van der Waals surface area (Å²) in [5.41, 5.74) is 3.74. The van der Waals surface area contributed by atoms with Gasteiger partial charge in [-0.15, -0.1) is 0 Å². The Morgan fingerprint density at radius 2 is 1.72 bits per heavy atom. The van der Waals surface area contributed by atoms with Crippen LogP contribution < -0.4 is 14.8 Å². The lowest BCUT2D eigenvalue weighted by atomic mass is 10.0. The van der Waals surface area contributed by atoms with Gasteiger partial charge in [-0.1, -0.05) is 19.1 Å². The Labute approximate surface area is 150 Å². The maximum Gasteiger partial charge on any atom is 0.251 e. The standard InChI is InChI=1S/C21H27NO3/c1-6-18(16-8-10-19(24-5)14(3)12-16)22-21(23)17-9-11-20(25-7-2)15(4)13-17/h8-13,18H,6-7H2,1-5H3,(H,22,23). The molecule has 2 rings (SSSR count). The van der Waals surface area contributed by atoms with E-state index >= 15 is 0 Å². The molecule has 2 aromatic rings. The summed E-state index contributed by atoms with van der Waals surface area (Å²) in [5.74, 6) is 1.59. The van der Waals surface area contributed by atoms with E-state index in [2.05, 4.69) is 18.3 Å². The zero-order valence-corrected chi connectivity index (χ0v) is 15.7. The predicted octanol–water partition coefficient (Wildman–Crippen LogP) is 4.59. The summed E-state index contributed by atoms with van der Waals surface area (Å²) in [6, 6.07) is 11.5. The molecule has 0 aliphatic carbocycles. The van der Waals surface area contributed by atoms with Gasteiger partial charge in [0, 0.05) is 5.56 Å². The highest BCUT2D eigenvalue weighted by Crippen LogP contribution is 2.25. The molecule has 0 saturated heterocycles. The fourth-order valence-electron chi connectivity index (χ4n) is 2.89. The molecule has 4 heteroatoms. The maximum absolute atomic E-state index is 12.6. The van der Waals surface area contributed by atoms with Crippen molar-refractivity contribution in [3.05, 3.63) is 58.7 Å². The first-order valence-corrected chi connectivity index (χ1v) is 8.69. The molecule has 0 aliphatic heterocycles. The third-order valence-electron chi connectivity index (χ3n) is 4.27. The molecule has 1 unspecified atom stereocenters. The van der Waals surface area contributed by atoms with Crippen LogP contribution in [0.2, 0.25) is 0 Å². The van der Waals surface area contributed by atoms with E-state index in [0.717, 1.165) is 34.6 Å². The monoisotopic (exact) mass is 341 g/mol. The highest BCUT2D eigenvalue weighted by Gasteiger charge is 2.16. The Balaban J connectivity index is 2.17. The van der Waals surface area contributed by atoms with E-state index in [1.165, 1.54) is 0 Å². The summed E-state index contributed by atoms with van der Waals surface area (Å²) in [6.45, 7) is 8.58. The van der Waals surface area contributed by atoms with Crippen LogP contribution in [-0.2, 0) is 0 Å². The number of nitrogens with one attached hydrogen (secondary N) is 1. The zero-order valence-electron chi connectivity index (χ0n) is 15.7. The third kappa shape index (κ3) is 4.53. The first-order valence-electron chi connectivity index (χ1n) is 8.69. The molecule has 1 amide bonds. The molecule has 2 aromatic carbocycles. The molecule has 25 heavy (non-hydrogen) atoms. The minimum Gasteiger partial charge on any atom is -0.496 e. The Hall–Kier alpha value is -2.49. The summed E-state index contributed by atoms with van der Waals surface area (Å²) in [6.07, 6.45) is 0.813. The van der Waals surface area contributed by atoms with Gasteiger partial charge in [0.05, 0.1) is 19.8 Å². The number of amides is 1. The van der Waals surface area contributed by atoms with Crippen molar-refractivity contribution in [3.63, 3.8) is 0 Å². The smallest absolute Gasteiger partial charge is 0.251 e. The van der Waals surface area contributed by atoms with Crippen LogP contribution >= 0.6 is 0 Å². The van der Waals surface area contributed by atoms with Crippen molar-refractivity contribution in [2.75, 3.05) is 13.7 Å². The average Bonchev–Trinajstić information content (AvgIpc) is 2.61. The molecule has 1 N–H and O–H groups in total. The van der Waals surface area contributed by atoms with Crippen LogP contribution in [0.25, 0.3) is 0 Å². The zero-order chi connectivity index (χ0) is 18.4. The molecule has 134 valence electrons. The number of carbonyl (C=O) groups excluding carboxylic acids is 1. The van der Waals surface area contributed by atoms with Crippen molar-refractivity contribution in [2.45, 2.75) is 40.2 Å². The molecule has 0 spiro atoms. The van der Waals surface area contributed by atoms with Gasteiger partial charge in [-0.3, -0.25) is 4.79 Å². The van der Waals surface area contributed by atoms with Crippen LogP contribution in [0.1, 0.15) is 53.4 Å². The van der Waals surface area contributed by atoms with E-state index in [-0.39, 0.29) is 11.9 Å². The van der Waals surface area contributed by atoms with Crippen molar-refractivity contribution >= 4 is 5.91 Å². The van der Waals surface area contributed by atoms with Gasteiger partial charge in [-0.05, 0) is 68.1 Å². The predicted molar refractivity (Wildman–Crippen MR) is 101 cm³/mol. The van der Waals surface area contributed by atoms with E-state index in [9.17, 15) is 4.79 Å². The summed E-state index contributed by atoms with van der Waals surface area (Å²) < 4.78 is 10.8. The van der Waals surface area contributed by atoms with Gasteiger partial charge in [0.1, 0.15) is 11.5 Å². The molecule has 0 fully saturated rings. The Morgan fingerprint density at radius 3 is 2.28 bits per heavy atom. The lowest BCUT2D eigenvalue weighted by Gasteiger charge is -2.19. The van der Waals surface area contributed by atoms with Gasteiger partial charge in [-0.25, -0.2) is 0 Å². The molecule has 0 aliphatic rings. The Morgan fingerprint density at radius 1 is 1.04 bits per heavy atom. The van der Waals surface area contributed by atoms with Gasteiger partial charge >= 0.3 is 0 Å². The van der Waals surface area contributed by atoms with Gasteiger partial charge in [0.25, 0.3) is 5.91 Å². The number of rotatable bonds is 7. The molecule has 0 heterocycles. The minimum absolute atomic E-state index is 0.0380. The lowest BCUT2D eigenvalue weighted by molar-refractivity contribution is 0.0935. The van der Waals surface area contributed by atoms with E-state index in [1.807, 2.05) is 45.0 Å². The molecular weight excluding hydrogens is 314 g/mol. The normalized spacial score (nSPS) is 11.7. The van der Waals surface area contributed by atoms with E-state index in [4.69, 9.17) is 9.47 Å². The third-order valence-corrected chi connectivity index (χ3v) is 4.27. The first kappa shape index (κ1) is 18.8. The van der Waals surface area contributed by atoms with Gasteiger partial charge in [0.2, 0.25) is 0 Å². The fraction of sp³-hybridized carbons (Fsp3) is 0.381. The molecule has 0 bridgehead atoms. The number of methoxy groups -OCH3 is 1. The quantitative estimate of drug-likeness (QED) is 0.801. The molecule has 0 aromatic heterocycles. The van der Waals surface area contributed by atoms with Crippen LogP contribution in [-0.4, -0.2) is 19.6 Å². The van der Waals surface area contributed by atoms with Crippen molar-refractivity contribution < 1.29 is 14.3 Å². The maximum atomic E-state index is 12.6. The van der Waals surface area contributed by atoms with Crippen molar-refractivity contribution in [2.24, 2.45) is 0 Å². The molecular formula is C21H27NO3. The molecule has 4 nitrogen and oxygen atoms in total. The van der Waals surface area contributed by atoms with Crippen LogP contribution in [0.4, 0.5) is 0 Å².